The maximum Gasteiger partial charge on any atom is 0.159 e. The molecule has 1 aliphatic carbocycles. The summed E-state index contributed by atoms with van der Waals surface area (Å²) in [5.41, 5.74) is 7.84. The number of aliphatic hydroxyl groups excluding tert-OH is 1. The second-order valence-corrected chi connectivity index (χ2v) is 3.47. The van der Waals surface area contributed by atoms with E-state index in [1.165, 1.54) is 12.8 Å². The predicted octanol–water partition coefficient (Wildman–Crippen LogP) is 0.545. The molecule has 0 aromatic carbocycles. The summed E-state index contributed by atoms with van der Waals surface area (Å²) in [7, 11) is 0. The van der Waals surface area contributed by atoms with Crippen molar-refractivity contribution in [3.05, 3.63) is 17.0 Å². The molecule has 1 heterocycles. The van der Waals surface area contributed by atoms with Crippen LogP contribution in [-0.2, 0) is 12.8 Å². The Morgan fingerprint density at radius 1 is 1.46 bits per heavy atom. The zero-order chi connectivity index (χ0) is 9.26. The SMILES string of the molecule is NC(CO)c1onc2c1CCCC2. The zero-order valence-electron chi connectivity index (χ0n) is 7.49. The highest BCUT2D eigenvalue weighted by Crippen LogP contribution is 2.26. The molecule has 0 saturated heterocycles. The Labute approximate surface area is 76.7 Å². The van der Waals surface area contributed by atoms with E-state index in [1.54, 1.807) is 0 Å². The number of fused-ring (bicyclic) bond motifs is 1. The average molecular weight is 182 g/mol. The van der Waals surface area contributed by atoms with Gasteiger partial charge in [0, 0.05) is 5.56 Å². The minimum atomic E-state index is -0.408. The molecule has 1 atom stereocenters. The van der Waals surface area contributed by atoms with Crippen molar-refractivity contribution in [2.24, 2.45) is 5.73 Å². The van der Waals surface area contributed by atoms with Gasteiger partial charge in [-0.1, -0.05) is 5.16 Å². The van der Waals surface area contributed by atoms with Gasteiger partial charge in [0.05, 0.1) is 18.3 Å². The molecule has 0 saturated carbocycles. The second kappa shape index (κ2) is 3.47. The van der Waals surface area contributed by atoms with Gasteiger partial charge in [-0.15, -0.1) is 0 Å². The van der Waals surface area contributed by atoms with Crippen molar-refractivity contribution in [2.45, 2.75) is 31.7 Å². The van der Waals surface area contributed by atoms with Crippen LogP contribution in [0.15, 0.2) is 4.52 Å². The summed E-state index contributed by atoms with van der Waals surface area (Å²) in [6.45, 7) is -0.0817. The van der Waals surface area contributed by atoms with Crippen molar-refractivity contribution in [1.82, 2.24) is 5.16 Å². The molecule has 13 heavy (non-hydrogen) atoms. The third kappa shape index (κ3) is 1.47. The van der Waals surface area contributed by atoms with Crippen molar-refractivity contribution < 1.29 is 9.63 Å². The van der Waals surface area contributed by atoms with Gasteiger partial charge >= 0.3 is 0 Å². The molecule has 0 radical (unpaired) electrons. The van der Waals surface area contributed by atoms with Crippen LogP contribution >= 0.6 is 0 Å². The van der Waals surface area contributed by atoms with E-state index in [0.717, 1.165) is 24.1 Å². The van der Waals surface area contributed by atoms with Crippen molar-refractivity contribution in [3.8, 4) is 0 Å². The molecule has 1 aromatic heterocycles. The number of aryl methyl sites for hydroxylation is 1. The second-order valence-electron chi connectivity index (χ2n) is 3.47. The standard InChI is InChI=1S/C9H14N2O2/c10-7(5-12)9-6-3-1-2-4-8(6)11-13-9/h7,12H,1-5,10H2. The molecule has 1 unspecified atom stereocenters. The minimum Gasteiger partial charge on any atom is -0.394 e. The number of rotatable bonds is 2. The van der Waals surface area contributed by atoms with Gasteiger partial charge in [-0.2, -0.15) is 0 Å². The van der Waals surface area contributed by atoms with Crippen LogP contribution in [0.5, 0.6) is 0 Å². The molecule has 3 N–H and O–H groups in total. The molecule has 0 aliphatic heterocycles. The topological polar surface area (TPSA) is 72.3 Å². The molecule has 4 nitrogen and oxygen atoms in total. The van der Waals surface area contributed by atoms with Crippen LogP contribution in [-0.4, -0.2) is 16.9 Å². The lowest BCUT2D eigenvalue weighted by atomic mass is 9.94. The van der Waals surface area contributed by atoms with E-state index in [9.17, 15) is 0 Å². The third-order valence-corrected chi connectivity index (χ3v) is 2.52. The van der Waals surface area contributed by atoms with Crippen molar-refractivity contribution in [2.75, 3.05) is 6.61 Å². The highest BCUT2D eigenvalue weighted by atomic mass is 16.5. The van der Waals surface area contributed by atoms with E-state index in [-0.39, 0.29) is 6.61 Å². The Morgan fingerprint density at radius 3 is 3.00 bits per heavy atom. The quantitative estimate of drug-likeness (QED) is 0.700. The lowest BCUT2D eigenvalue weighted by Crippen LogP contribution is -2.16. The van der Waals surface area contributed by atoms with Crippen LogP contribution in [0.1, 0.15) is 35.9 Å². The maximum absolute atomic E-state index is 8.90. The van der Waals surface area contributed by atoms with Crippen LogP contribution in [0.3, 0.4) is 0 Å². The molecule has 1 aromatic rings. The fourth-order valence-corrected chi connectivity index (χ4v) is 1.79. The molecular weight excluding hydrogens is 168 g/mol. The van der Waals surface area contributed by atoms with E-state index in [2.05, 4.69) is 5.16 Å². The van der Waals surface area contributed by atoms with E-state index in [1.807, 2.05) is 0 Å². The number of nitrogens with two attached hydrogens (primary N) is 1. The third-order valence-electron chi connectivity index (χ3n) is 2.52. The molecule has 0 amide bonds. The largest absolute Gasteiger partial charge is 0.394 e. The Morgan fingerprint density at radius 2 is 2.23 bits per heavy atom. The molecule has 72 valence electrons. The molecular formula is C9H14N2O2. The number of aromatic nitrogens is 1. The molecule has 0 fully saturated rings. The smallest absolute Gasteiger partial charge is 0.159 e. The Hall–Kier alpha value is -0.870. The van der Waals surface area contributed by atoms with Crippen molar-refractivity contribution in [3.63, 3.8) is 0 Å². The molecule has 0 spiro atoms. The van der Waals surface area contributed by atoms with Crippen LogP contribution in [0.2, 0.25) is 0 Å². The van der Waals surface area contributed by atoms with Gasteiger partial charge < -0.3 is 15.4 Å². The Kier molecular flexibility index (Phi) is 2.33. The zero-order valence-corrected chi connectivity index (χ0v) is 7.49. The summed E-state index contributed by atoms with van der Waals surface area (Å²) < 4.78 is 5.14. The highest BCUT2D eigenvalue weighted by Gasteiger charge is 2.22. The first-order valence-corrected chi connectivity index (χ1v) is 4.66. The molecule has 4 heteroatoms. The van der Waals surface area contributed by atoms with Crippen molar-refractivity contribution in [1.29, 1.82) is 0 Å². The van der Waals surface area contributed by atoms with Gasteiger partial charge in [-0.3, -0.25) is 0 Å². The Balaban J connectivity index is 2.31. The maximum atomic E-state index is 8.90. The first-order valence-electron chi connectivity index (χ1n) is 4.66. The van der Waals surface area contributed by atoms with E-state index in [0.29, 0.717) is 5.76 Å². The Bertz CT molecular complexity index is 296. The highest BCUT2D eigenvalue weighted by molar-refractivity contribution is 5.27. The number of hydrogen-bond acceptors (Lipinski definition) is 4. The fourth-order valence-electron chi connectivity index (χ4n) is 1.79. The molecule has 0 bridgehead atoms. The summed E-state index contributed by atoms with van der Waals surface area (Å²) in [4.78, 5) is 0. The lowest BCUT2D eigenvalue weighted by Gasteiger charge is -2.11. The number of hydrogen-bond donors (Lipinski definition) is 2. The minimum absolute atomic E-state index is 0.0817. The summed E-state index contributed by atoms with van der Waals surface area (Å²) in [5, 5.41) is 12.9. The average Bonchev–Trinajstić information content (AvgIpc) is 2.60. The summed E-state index contributed by atoms with van der Waals surface area (Å²) in [5.74, 6) is 0.678. The van der Waals surface area contributed by atoms with E-state index < -0.39 is 6.04 Å². The van der Waals surface area contributed by atoms with Gasteiger partial charge in [0.2, 0.25) is 0 Å². The van der Waals surface area contributed by atoms with Crippen LogP contribution in [0.4, 0.5) is 0 Å². The van der Waals surface area contributed by atoms with Gasteiger partial charge in [0.15, 0.2) is 5.76 Å². The fraction of sp³-hybridized carbons (Fsp3) is 0.667. The summed E-state index contributed by atoms with van der Waals surface area (Å²) in [6, 6.07) is -0.408. The van der Waals surface area contributed by atoms with Gasteiger partial charge in [0.25, 0.3) is 0 Å². The first-order chi connectivity index (χ1) is 6.33. The van der Waals surface area contributed by atoms with Crippen LogP contribution in [0.25, 0.3) is 0 Å². The molecule has 1 aliphatic rings. The molecule has 2 rings (SSSR count). The normalized spacial score (nSPS) is 18.3. The number of aliphatic hydroxyl groups is 1. The lowest BCUT2D eigenvalue weighted by molar-refractivity contribution is 0.239. The van der Waals surface area contributed by atoms with Crippen LogP contribution in [0, 0.1) is 0 Å². The predicted molar refractivity (Wildman–Crippen MR) is 47.2 cm³/mol. The summed E-state index contributed by atoms with van der Waals surface area (Å²) >= 11 is 0. The van der Waals surface area contributed by atoms with Crippen LogP contribution < -0.4 is 5.73 Å². The van der Waals surface area contributed by atoms with Gasteiger partial charge in [0.1, 0.15) is 0 Å². The first kappa shape index (κ1) is 8.72. The summed E-state index contributed by atoms with van der Waals surface area (Å²) in [6.07, 6.45) is 4.31. The number of nitrogens with zero attached hydrogens (tertiary/aromatic N) is 1. The van der Waals surface area contributed by atoms with Crippen molar-refractivity contribution >= 4 is 0 Å². The monoisotopic (exact) mass is 182 g/mol. The van der Waals surface area contributed by atoms with E-state index in [4.69, 9.17) is 15.4 Å². The van der Waals surface area contributed by atoms with E-state index >= 15 is 0 Å². The van der Waals surface area contributed by atoms with Gasteiger partial charge in [-0.25, -0.2) is 0 Å². The van der Waals surface area contributed by atoms with Gasteiger partial charge in [-0.05, 0) is 25.7 Å².